The van der Waals surface area contributed by atoms with E-state index in [-0.39, 0.29) is 17.6 Å². The molecule has 1 saturated heterocycles. The van der Waals surface area contributed by atoms with Crippen LogP contribution in [0.4, 0.5) is 0 Å². The fourth-order valence-corrected chi connectivity index (χ4v) is 4.59. The van der Waals surface area contributed by atoms with Crippen LogP contribution in [0.25, 0.3) is 0 Å². The van der Waals surface area contributed by atoms with Crippen LogP contribution >= 0.6 is 0 Å². The molecule has 0 spiro atoms. The Bertz CT molecular complexity index is 683. The van der Waals surface area contributed by atoms with E-state index in [0.717, 1.165) is 18.5 Å². The summed E-state index contributed by atoms with van der Waals surface area (Å²) in [6.45, 7) is 1.12. The number of rotatable bonds is 5. The maximum atomic E-state index is 12.3. The maximum absolute atomic E-state index is 12.3. The first kappa shape index (κ1) is 16.4. The Hall–Kier alpha value is -1.41. The zero-order chi connectivity index (χ0) is 16.4. The molecule has 1 amide bonds. The average molecular weight is 340 g/mol. The number of H-pyrrole nitrogens is 1. The van der Waals surface area contributed by atoms with Crippen molar-refractivity contribution in [2.24, 2.45) is 11.1 Å². The minimum Gasteiger partial charge on any atom is -0.342 e. The molecule has 1 atom stereocenters. The Morgan fingerprint density at radius 3 is 2.91 bits per heavy atom. The molecule has 7 nitrogen and oxygen atoms in total. The molecular weight excluding hydrogens is 316 g/mol. The Balaban J connectivity index is 1.51. The molecule has 8 heteroatoms. The SMILES string of the molecule is NS(=O)(=O)C[C@H]1CCN(C(=O)CCc2n[nH]c3c2CCCC3)C1. The van der Waals surface area contributed by atoms with Crippen LogP contribution < -0.4 is 5.14 Å². The summed E-state index contributed by atoms with van der Waals surface area (Å²) < 4.78 is 22.3. The van der Waals surface area contributed by atoms with E-state index in [1.165, 1.54) is 24.1 Å². The molecule has 1 fully saturated rings. The van der Waals surface area contributed by atoms with Gasteiger partial charge in [0.05, 0.1) is 11.4 Å². The zero-order valence-corrected chi connectivity index (χ0v) is 14.1. The van der Waals surface area contributed by atoms with Crippen LogP contribution in [0.1, 0.15) is 42.6 Å². The van der Waals surface area contributed by atoms with Crippen molar-refractivity contribution < 1.29 is 13.2 Å². The van der Waals surface area contributed by atoms with Crippen molar-refractivity contribution in [2.45, 2.75) is 44.9 Å². The van der Waals surface area contributed by atoms with Crippen molar-refractivity contribution in [1.82, 2.24) is 15.1 Å². The lowest BCUT2D eigenvalue weighted by Gasteiger charge is -2.16. The van der Waals surface area contributed by atoms with Gasteiger partial charge in [-0.15, -0.1) is 0 Å². The highest BCUT2D eigenvalue weighted by molar-refractivity contribution is 7.89. The van der Waals surface area contributed by atoms with Gasteiger partial charge in [-0.3, -0.25) is 9.89 Å². The van der Waals surface area contributed by atoms with E-state index >= 15 is 0 Å². The van der Waals surface area contributed by atoms with Crippen molar-refractivity contribution in [3.8, 4) is 0 Å². The predicted octanol–water partition coefficient (Wildman–Crippen LogP) is 0.358. The third-order valence-electron chi connectivity index (χ3n) is 4.82. The second kappa shape index (κ2) is 6.60. The molecule has 1 aliphatic carbocycles. The van der Waals surface area contributed by atoms with E-state index in [1.807, 2.05) is 0 Å². The number of nitrogens with two attached hydrogens (primary N) is 1. The Kier molecular flexibility index (Phi) is 4.72. The third-order valence-corrected chi connectivity index (χ3v) is 5.76. The fourth-order valence-electron chi connectivity index (χ4n) is 3.66. The number of nitrogens with zero attached hydrogens (tertiary/aromatic N) is 2. The summed E-state index contributed by atoms with van der Waals surface area (Å²) in [5, 5.41) is 12.5. The summed E-state index contributed by atoms with van der Waals surface area (Å²) in [5.41, 5.74) is 3.55. The van der Waals surface area contributed by atoms with Crippen LogP contribution in [0.5, 0.6) is 0 Å². The monoisotopic (exact) mass is 340 g/mol. The van der Waals surface area contributed by atoms with E-state index < -0.39 is 10.0 Å². The minimum atomic E-state index is -3.47. The van der Waals surface area contributed by atoms with Crippen LogP contribution in [0, 0.1) is 5.92 Å². The Morgan fingerprint density at radius 1 is 1.35 bits per heavy atom. The molecule has 2 aliphatic rings. The molecule has 1 aromatic heterocycles. The molecular formula is C15H24N4O3S. The van der Waals surface area contributed by atoms with E-state index in [4.69, 9.17) is 5.14 Å². The second-order valence-electron chi connectivity index (χ2n) is 6.66. The smallest absolute Gasteiger partial charge is 0.222 e. The van der Waals surface area contributed by atoms with Gasteiger partial charge in [0.2, 0.25) is 15.9 Å². The number of aromatic amines is 1. The number of sulfonamides is 1. The number of hydrogen-bond donors (Lipinski definition) is 2. The summed E-state index contributed by atoms with van der Waals surface area (Å²) in [5.74, 6) is 0.00508. The average Bonchev–Trinajstić information content (AvgIpc) is 3.10. The first-order chi connectivity index (χ1) is 10.9. The van der Waals surface area contributed by atoms with Gasteiger partial charge in [0, 0.05) is 31.6 Å². The molecule has 2 heterocycles. The van der Waals surface area contributed by atoms with E-state index in [2.05, 4.69) is 10.2 Å². The number of primary sulfonamides is 1. The van der Waals surface area contributed by atoms with E-state index in [9.17, 15) is 13.2 Å². The zero-order valence-electron chi connectivity index (χ0n) is 13.3. The Labute approximate surface area is 136 Å². The number of carbonyl (C=O) groups excluding carboxylic acids is 1. The summed E-state index contributed by atoms with van der Waals surface area (Å²) >= 11 is 0. The number of amides is 1. The van der Waals surface area contributed by atoms with Gasteiger partial charge >= 0.3 is 0 Å². The highest BCUT2D eigenvalue weighted by Gasteiger charge is 2.28. The molecule has 3 rings (SSSR count). The van der Waals surface area contributed by atoms with Gasteiger partial charge in [-0.25, -0.2) is 13.6 Å². The molecule has 128 valence electrons. The minimum absolute atomic E-state index is 0.0351. The molecule has 1 aliphatic heterocycles. The lowest BCUT2D eigenvalue weighted by atomic mass is 9.94. The summed E-state index contributed by atoms with van der Waals surface area (Å²) in [6.07, 6.45) is 6.29. The maximum Gasteiger partial charge on any atom is 0.222 e. The normalized spacial score (nSPS) is 21.4. The van der Waals surface area contributed by atoms with Crippen molar-refractivity contribution in [3.63, 3.8) is 0 Å². The van der Waals surface area contributed by atoms with Crippen molar-refractivity contribution in [1.29, 1.82) is 0 Å². The summed E-state index contributed by atoms with van der Waals surface area (Å²) in [6, 6.07) is 0. The number of aromatic nitrogens is 2. The van der Waals surface area contributed by atoms with Crippen molar-refractivity contribution in [2.75, 3.05) is 18.8 Å². The Morgan fingerprint density at radius 2 is 2.13 bits per heavy atom. The highest BCUT2D eigenvalue weighted by Crippen LogP contribution is 2.24. The van der Waals surface area contributed by atoms with Crippen molar-refractivity contribution in [3.05, 3.63) is 17.0 Å². The van der Waals surface area contributed by atoms with Gasteiger partial charge in [0.1, 0.15) is 0 Å². The molecule has 0 unspecified atom stereocenters. The van der Waals surface area contributed by atoms with Crippen molar-refractivity contribution >= 4 is 15.9 Å². The predicted molar refractivity (Wildman–Crippen MR) is 86.2 cm³/mol. The molecule has 0 saturated carbocycles. The number of nitrogens with one attached hydrogen (secondary N) is 1. The molecule has 1 aromatic rings. The van der Waals surface area contributed by atoms with Crippen LogP contribution in [0.2, 0.25) is 0 Å². The largest absolute Gasteiger partial charge is 0.342 e. The van der Waals surface area contributed by atoms with Crippen LogP contribution in [-0.2, 0) is 34.1 Å². The van der Waals surface area contributed by atoms with Crippen LogP contribution in [-0.4, -0.2) is 48.3 Å². The molecule has 3 N–H and O–H groups in total. The number of hydrogen-bond acceptors (Lipinski definition) is 4. The lowest BCUT2D eigenvalue weighted by Crippen LogP contribution is -2.31. The topological polar surface area (TPSA) is 109 Å². The number of fused-ring (bicyclic) bond motifs is 1. The molecule has 0 bridgehead atoms. The highest BCUT2D eigenvalue weighted by atomic mass is 32.2. The van der Waals surface area contributed by atoms with E-state index in [0.29, 0.717) is 32.4 Å². The van der Waals surface area contributed by atoms with Gasteiger partial charge in [0.25, 0.3) is 0 Å². The van der Waals surface area contributed by atoms with Crippen LogP contribution in [0.3, 0.4) is 0 Å². The first-order valence-corrected chi connectivity index (χ1v) is 9.97. The summed E-state index contributed by atoms with van der Waals surface area (Å²) in [7, 11) is -3.47. The lowest BCUT2D eigenvalue weighted by molar-refractivity contribution is -0.130. The van der Waals surface area contributed by atoms with E-state index in [1.54, 1.807) is 4.90 Å². The summed E-state index contributed by atoms with van der Waals surface area (Å²) in [4.78, 5) is 14.1. The molecule has 23 heavy (non-hydrogen) atoms. The van der Waals surface area contributed by atoms with Gasteiger partial charge in [0.15, 0.2) is 0 Å². The standard InChI is InChI=1S/C15H24N4O3S/c16-23(21,22)10-11-7-8-19(9-11)15(20)6-5-14-12-3-1-2-4-13(12)17-18-14/h11H,1-10H2,(H,17,18)(H2,16,21,22)/t11-/m0/s1. The fraction of sp³-hybridized carbons (Fsp3) is 0.733. The number of likely N-dealkylation sites (tertiary alicyclic amines) is 1. The third kappa shape index (κ3) is 4.11. The quantitative estimate of drug-likeness (QED) is 0.806. The molecule has 0 aromatic carbocycles. The van der Waals surface area contributed by atoms with Gasteiger partial charge in [-0.1, -0.05) is 0 Å². The second-order valence-corrected chi connectivity index (χ2v) is 8.32. The molecule has 0 radical (unpaired) electrons. The van der Waals surface area contributed by atoms with Crippen LogP contribution in [0.15, 0.2) is 0 Å². The van der Waals surface area contributed by atoms with Gasteiger partial charge in [-0.05, 0) is 43.6 Å². The number of aryl methyl sites for hydroxylation is 2. The number of carbonyl (C=O) groups is 1. The first-order valence-electron chi connectivity index (χ1n) is 8.25. The van der Waals surface area contributed by atoms with Gasteiger partial charge < -0.3 is 4.90 Å². The van der Waals surface area contributed by atoms with Gasteiger partial charge in [-0.2, -0.15) is 5.10 Å².